The average Bonchev–Trinajstić information content (AvgIpc) is 3.46. The van der Waals surface area contributed by atoms with E-state index in [1.807, 2.05) is 18.2 Å². The van der Waals surface area contributed by atoms with Gasteiger partial charge in [0.25, 0.3) is 0 Å². The summed E-state index contributed by atoms with van der Waals surface area (Å²) in [5.41, 5.74) is 2.02. The third kappa shape index (κ3) is 5.22. The highest BCUT2D eigenvalue weighted by Gasteiger charge is 2.58. The molecule has 0 spiro atoms. The van der Waals surface area contributed by atoms with E-state index in [1.54, 1.807) is 4.90 Å². The van der Waals surface area contributed by atoms with Crippen molar-refractivity contribution in [2.24, 2.45) is 5.92 Å². The molecule has 5 nitrogen and oxygen atoms in total. The molecule has 4 atom stereocenters. The molecule has 1 unspecified atom stereocenters. The molecule has 8 heteroatoms. The molecule has 3 aliphatic rings. The van der Waals surface area contributed by atoms with Crippen LogP contribution in [0.25, 0.3) is 0 Å². The van der Waals surface area contributed by atoms with E-state index >= 15 is 0 Å². The molecule has 36 heavy (non-hydrogen) atoms. The van der Waals surface area contributed by atoms with Crippen LogP contribution in [0.2, 0.25) is 0 Å². The minimum Gasteiger partial charge on any atom is -0.321 e. The number of halogens is 3. The van der Waals surface area contributed by atoms with Crippen molar-refractivity contribution >= 4 is 11.7 Å². The van der Waals surface area contributed by atoms with Crippen molar-refractivity contribution in [3.8, 4) is 6.07 Å². The maximum absolute atomic E-state index is 13.7. The van der Waals surface area contributed by atoms with Gasteiger partial charge in [0, 0.05) is 37.4 Å². The van der Waals surface area contributed by atoms with Gasteiger partial charge in [0.2, 0.25) is 0 Å². The predicted octanol–water partition coefficient (Wildman–Crippen LogP) is 5.61. The summed E-state index contributed by atoms with van der Waals surface area (Å²) in [6.45, 7) is 2.36. The number of hydrogen-bond acceptors (Lipinski definition) is 3. The monoisotopic (exact) mass is 496 g/mol. The number of fused-ring (bicyclic) bond motifs is 1. The van der Waals surface area contributed by atoms with Gasteiger partial charge < -0.3 is 15.1 Å². The van der Waals surface area contributed by atoms with Crippen molar-refractivity contribution in [3.05, 3.63) is 65.2 Å². The summed E-state index contributed by atoms with van der Waals surface area (Å²) in [5, 5.41) is 12.0. The molecule has 5 rings (SSSR count). The normalized spacial score (nSPS) is 27.2. The summed E-state index contributed by atoms with van der Waals surface area (Å²) < 4.78 is 41.0. The van der Waals surface area contributed by atoms with E-state index in [0.29, 0.717) is 44.0 Å². The summed E-state index contributed by atoms with van der Waals surface area (Å²) in [4.78, 5) is 17.2. The van der Waals surface area contributed by atoms with Gasteiger partial charge >= 0.3 is 6.03 Å². The lowest BCUT2D eigenvalue weighted by molar-refractivity contribution is 0.155. The fraction of sp³-hybridized carbons (Fsp3) is 0.500. The minimum absolute atomic E-state index is 0.00989. The first-order valence-electron chi connectivity index (χ1n) is 12.8. The van der Waals surface area contributed by atoms with Gasteiger partial charge in [-0.3, -0.25) is 0 Å². The second-order valence-electron chi connectivity index (χ2n) is 10.5. The topological polar surface area (TPSA) is 59.4 Å². The molecule has 2 aromatic rings. The summed E-state index contributed by atoms with van der Waals surface area (Å²) in [6, 6.07) is 12.7. The van der Waals surface area contributed by atoms with Gasteiger partial charge in [-0.15, -0.1) is 0 Å². The maximum atomic E-state index is 13.7. The Morgan fingerprint density at radius 1 is 1.19 bits per heavy atom. The number of hydrogen-bond donors (Lipinski definition) is 1. The molecular weight excluding hydrogens is 465 g/mol. The van der Waals surface area contributed by atoms with Crippen molar-refractivity contribution in [1.29, 1.82) is 5.26 Å². The Bertz CT molecular complexity index is 1150. The van der Waals surface area contributed by atoms with E-state index in [-0.39, 0.29) is 23.2 Å². The second-order valence-corrected chi connectivity index (χ2v) is 10.5. The van der Waals surface area contributed by atoms with E-state index in [0.717, 1.165) is 50.4 Å². The van der Waals surface area contributed by atoms with Crippen LogP contribution in [-0.2, 0) is 5.41 Å². The largest absolute Gasteiger partial charge is 0.322 e. The van der Waals surface area contributed by atoms with Gasteiger partial charge in [0.15, 0.2) is 0 Å². The molecule has 1 N–H and O–H groups in total. The number of anilines is 1. The Morgan fingerprint density at radius 2 is 2.00 bits per heavy atom. The number of urea groups is 1. The standard InChI is InChI=1S/C28H31F3N4O/c29-22-6-10-34(18-22)8-2-9-35(27(36)33-25-14-23(30)13-24(31)15-25)26-5-7-28(16-21(28)12-26)20-4-1-3-19(11-20)17-32/h1,3-4,11,13-15,21-22,26H,2,5-10,12,16,18H2,(H,33,36)/t21?,22-,26+,28+/m0/s1. The SMILES string of the molecule is N#Cc1cccc([C@]23CC[C@@H](N(CCCN4CC[C@H](F)C4)C(=O)Nc4cc(F)cc(F)c4)CC2C3)c1. The van der Waals surface area contributed by atoms with Crippen molar-refractivity contribution < 1.29 is 18.0 Å². The van der Waals surface area contributed by atoms with Gasteiger partial charge in [0.1, 0.15) is 17.8 Å². The Hall–Kier alpha value is -3.05. The van der Waals surface area contributed by atoms with E-state index in [9.17, 15) is 23.2 Å². The van der Waals surface area contributed by atoms with E-state index < -0.39 is 17.8 Å². The number of rotatable bonds is 7. The zero-order valence-corrected chi connectivity index (χ0v) is 20.2. The lowest BCUT2D eigenvalue weighted by Gasteiger charge is -2.37. The first kappa shape index (κ1) is 24.6. The van der Waals surface area contributed by atoms with Gasteiger partial charge in [-0.2, -0.15) is 5.26 Å². The smallest absolute Gasteiger partial charge is 0.321 e. The van der Waals surface area contributed by atoms with E-state index in [4.69, 9.17) is 0 Å². The van der Waals surface area contributed by atoms with Crippen LogP contribution in [0.1, 0.15) is 49.7 Å². The highest BCUT2D eigenvalue weighted by Crippen LogP contribution is 2.62. The molecule has 2 aromatic carbocycles. The lowest BCUT2D eigenvalue weighted by atomic mass is 9.80. The van der Waals surface area contributed by atoms with Crippen molar-refractivity contribution in [2.75, 3.05) is 31.5 Å². The fourth-order valence-electron chi connectivity index (χ4n) is 6.27. The zero-order chi connectivity index (χ0) is 25.3. The predicted molar refractivity (Wildman–Crippen MR) is 131 cm³/mol. The van der Waals surface area contributed by atoms with Crippen LogP contribution in [0.5, 0.6) is 0 Å². The average molecular weight is 497 g/mol. The Morgan fingerprint density at radius 3 is 2.69 bits per heavy atom. The molecule has 3 fully saturated rings. The minimum atomic E-state index is -0.784. The molecule has 190 valence electrons. The molecule has 2 amide bonds. The number of nitrogens with one attached hydrogen (secondary N) is 1. The number of likely N-dealkylation sites (tertiary alicyclic amines) is 1. The van der Waals surface area contributed by atoms with Gasteiger partial charge in [0.05, 0.1) is 11.6 Å². The highest BCUT2D eigenvalue weighted by molar-refractivity contribution is 5.89. The zero-order valence-electron chi connectivity index (χ0n) is 20.2. The van der Waals surface area contributed by atoms with Crippen molar-refractivity contribution in [3.63, 3.8) is 0 Å². The summed E-state index contributed by atoms with van der Waals surface area (Å²) in [5.74, 6) is -1.06. The number of alkyl halides is 1. The third-order valence-electron chi connectivity index (χ3n) is 8.18. The Kier molecular flexibility index (Phi) is 6.94. The van der Waals surface area contributed by atoms with Gasteiger partial charge in [-0.1, -0.05) is 12.1 Å². The van der Waals surface area contributed by atoms with E-state index in [1.165, 1.54) is 5.56 Å². The first-order valence-corrected chi connectivity index (χ1v) is 12.8. The fourth-order valence-corrected chi connectivity index (χ4v) is 6.27. The Balaban J connectivity index is 1.27. The van der Waals surface area contributed by atoms with Crippen LogP contribution in [0.4, 0.5) is 23.7 Å². The van der Waals surface area contributed by atoms with Gasteiger partial charge in [-0.25, -0.2) is 18.0 Å². The maximum Gasteiger partial charge on any atom is 0.322 e. The molecular formula is C28H31F3N4O. The number of benzene rings is 2. The second kappa shape index (κ2) is 10.1. The van der Waals surface area contributed by atoms with Crippen molar-refractivity contribution in [1.82, 2.24) is 9.80 Å². The number of nitriles is 1. The summed E-state index contributed by atoms with van der Waals surface area (Å²) in [7, 11) is 0. The van der Waals surface area contributed by atoms with Gasteiger partial charge in [-0.05, 0) is 86.2 Å². The van der Waals surface area contributed by atoms with E-state index in [2.05, 4.69) is 22.4 Å². The molecule has 2 saturated carbocycles. The van der Waals surface area contributed by atoms with Crippen molar-refractivity contribution in [2.45, 2.75) is 56.2 Å². The van der Waals surface area contributed by atoms with Crippen LogP contribution < -0.4 is 5.32 Å². The Labute approximate surface area is 209 Å². The molecule has 1 heterocycles. The molecule has 2 aliphatic carbocycles. The highest BCUT2D eigenvalue weighted by atomic mass is 19.1. The third-order valence-corrected chi connectivity index (χ3v) is 8.18. The summed E-state index contributed by atoms with van der Waals surface area (Å²) in [6.07, 6.45) is 4.09. The molecule has 0 aromatic heterocycles. The van der Waals surface area contributed by atoms with Crippen LogP contribution in [-0.4, -0.2) is 54.2 Å². The summed E-state index contributed by atoms with van der Waals surface area (Å²) >= 11 is 0. The van der Waals surface area contributed by atoms with Crippen LogP contribution >= 0.6 is 0 Å². The van der Waals surface area contributed by atoms with Crippen LogP contribution in [0, 0.1) is 28.9 Å². The number of carbonyl (C=O) groups is 1. The molecule has 0 radical (unpaired) electrons. The lowest BCUT2D eigenvalue weighted by Crippen LogP contribution is -2.46. The number of nitrogens with zero attached hydrogens (tertiary/aromatic N) is 3. The quantitative estimate of drug-likeness (QED) is 0.542. The number of amides is 2. The van der Waals surface area contributed by atoms with Crippen LogP contribution in [0.15, 0.2) is 42.5 Å². The number of carbonyl (C=O) groups excluding carboxylic acids is 1. The first-order chi connectivity index (χ1) is 17.4. The molecule has 1 saturated heterocycles. The molecule has 0 bridgehead atoms. The molecule has 1 aliphatic heterocycles. The van der Waals surface area contributed by atoms with Crippen LogP contribution in [0.3, 0.4) is 0 Å².